The van der Waals surface area contributed by atoms with Crippen molar-refractivity contribution in [2.75, 3.05) is 11.4 Å². The van der Waals surface area contributed by atoms with Gasteiger partial charge in [0.2, 0.25) is 0 Å². The van der Waals surface area contributed by atoms with Gasteiger partial charge < -0.3 is 10.0 Å². The van der Waals surface area contributed by atoms with E-state index in [4.69, 9.17) is 5.11 Å². The molecule has 2 aromatic rings. The highest BCUT2D eigenvalue weighted by Gasteiger charge is 2.40. The van der Waals surface area contributed by atoms with Crippen molar-refractivity contribution >= 4 is 43.3 Å². The Balaban J connectivity index is 1.58. The first-order valence-corrected chi connectivity index (χ1v) is 16.7. The Kier molecular flexibility index (Phi) is 8.90. The van der Waals surface area contributed by atoms with Gasteiger partial charge in [0.1, 0.15) is 0 Å². The first-order valence-electron chi connectivity index (χ1n) is 13.8. The van der Waals surface area contributed by atoms with E-state index in [2.05, 4.69) is 9.89 Å². The topological polar surface area (TPSA) is 162 Å². The fourth-order valence-electron chi connectivity index (χ4n) is 5.56. The van der Waals surface area contributed by atoms with E-state index in [0.29, 0.717) is 24.2 Å². The molecule has 4 rings (SSSR count). The van der Waals surface area contributed by atoms with Crippen molar-refractivity contribution in [2.24, 2.45) is 4.99 Å². The third-order valence-electron chi connectivity index (χ3n) is 7.98. The number of allylic oxidation sites excluding steroid dienone is 6. The molecular formula is C31H36N2O8S2. The van der Waals surface area contributed by atoms with Crippen LogP contribution < -0.4 is 4.90 Å². The van der Waals surface area contributed by atoms with Crippen LogP contribution >= 0.6 is 0 Å². The molecule has 0 amide bonds. The molecule has 0 radical (unpaired) electrons. The molecular weight excluding hydrogens is 592 g/mol. The summed E-state index contributed by atoms with van der Waals surface area (Å²) in [6, 6.07) is 8.91. The molecule has 0 fully saturated rings. The second-order valence-corrected chi connectivity index (χ2v) is 14.6. The van der Waals surface area contributed by atoms with Gasteiger partial charge in [0, 0.05) is 35.2 Å². The van der Waals surface area contributed by atoms with Crippen LogP contribution in [0.15, 0.2) is 87.3 Å². The van der Waals surface area contributed by atoms with Gasteiger partial charge in [0.15, 0.2) is 0 Å². The van der Waals surface area contributed by atoms with Gasteiger partial charge in [-0.05, 0) is 72.5 Å². The van der Waals surface area contributed by atoms with Crippen LogP contribution in [0.3, 0.4) is 0 Å². The summed E-state index contributed by atoms with van der Waals surface area (Å²) in [6.45, 7) is 8.41. The van der Waals surface area contributed by atoms with Crippen LogP contribution in [0.2, 0.25) is 0 Å². The van der Waals surface area contributed by atoms with Gasteiger partial charge in [-0.3, -0.25) is 18.9 Å². The van der Waals surface area contributed by atoms with Crippen molar-refractivity contribution in [3.8, 4) is 0 Å². The fourth-order valence-corrected chi connectivity index (χ4v) is 6.58. The molecule has 0 spiro atoms. The van der Waals surface area contributed by atoms with Gasteiger partial charge in [0.25, 0.3) is 20.2 Å². The van der Waals surface area contributed by atoms with Crippen molar-refractivity contribution in [1.29, 1.82) is 0 Å². The van der Waals surface area contributed by atoms with Crippen LogP contribution in [-0.2, 0) is 35.9 Å². The SMILES string of the molecule is CC1(C)C(/C=C/C=C/C=C2\N(CCCCCC(=O)O)c3ccc(S(=O)(=O)O)cc3C2(C)C)=Nc2ccc(S(=O)(=O)O)cc21. The van der Waals surface area contributed by atoms with E-state index in [1.165, 1.54) is 24.3 Å². The lowest BCUT2D eigenvalue weighted by Gasteiger charge is -2.27. The molecule has 12 heteroatoms. The normalized spacial score (nSPS) is 18.4. The van der Waals surface area contributed by atoms with Crippen LogP contribution in [0.25, 0.3) is 0 Å². The van der Waals surface area contributed by atoms with E-state index >= 15 is 0 Å². The number of aliphatic carboxylic acids is 1. The van der Waals surface area contributed by atoms with Gasteiger partial charge in [-0.25, -0.2) is 0 Å². The lowest BCUT2D eigenvalue weighted by atomic mass is 9.81. The first-order chi connectivity index (χ1) is 19.9. The van der Waals surface area contributed by atoms with E-state index in [9.17, 15) is 30.7 Å². The van der Waals surface area contributed by atoms with Crippen LogP contribution in [0.5, 0.6) is 0 Å². The maximum Gasteiger partial charge on any atom is 0.303 e. The van der Waals surface area contributed by atoms with Crippen LogP contribution in [0.1, 0.15) is 64.5 Å². The molecule has 0 atom stereocenters. The third-order valence-corrected chi connectivity index (χ3v) is 9.68. The fraction of sp³-hybridized carbons (Fsp3) is 0.355. The minimum atomic E-state index is -4.38. The average molecular weight is 629 g/mol. The van der Waals surface area contributed by atoms with Gasteiger partial charge in [-0.2, -0.15) is 16.8 Å². The molecule has 2 aliphatic heterocycles. The summed E-state index contributed by atoms with van der Waals surface area (Å²) < 4.78 is 66.0. The number of hydrogen-bond donors (Lipinski definition) is 3. The minimum absolute atomic E-state index is 0.104. The van der Waals surface area contributed by atoms with Crippen molar-refractivity contribution in [2.45, 2.75) is 74.0 Å². The molecule has 0 aromatic heterocycles. The Labute approximate surface area is 252 Å². The average Bonchev–Trinajstić information content (AvgIpc) is 3.27. The number of carboxylic acids is 1. The van der Waals surface area contributed by atoms with Crippen molar-refractivity contribution < 1.29 is 35.8 Å². The Morgan fingerprint density at radius 3 is 2.09 bits per heavy atom. The third kappa shape index (κ3) is 6.82. The van der Waals surface area contributed by atoms with Gasteiger partial charge >= 0.3 is 5.97 Å². The number of fused-ring (bicyclic) bond motifs is 2. The molecule has 2 heterocycles. The predicted octanol–water partition coefficient (Wildman–Crippen LogP) is 5.98. The number of rotatable bonds is 11. The number of aliphatic imine (C=N–C) groups is 1. The number of nitrogens with zero attached hydrogens (tertiary/aromatic N) is 2. The number of anilines is 1. The van der Waals surface area contributed by atoms with E-state index in [0.717, 1.165) is 35.5 Å². The highest BCUT2D eigenvalue weighted by Crippen LogP contribution is 2.48. The van der Waals surface area contributed by atoms with Crippen LogP contribution in [-0.4, -0.2) is 49.3 Å². The number of hydrogen-bond acceptors (Lipinski definition) is 7. The van der Waals surface area contributed by atoms with E-state index in [1.54, 1.807) is 12.1 Å². The standard InChI is InChI=1S/C31H36N2O8S2/c1-30(2)23-19-21(42(36,37)38)14-16-25(23)32-27(30)11-7-5-8-12-28-31(3,4)24-20-22(43(39,40)41)15-17-26(24)33(28)18-10-6-9-13-29(34)35/h5,7-8,11-12,14-17,19-20H,6,9-10,13,18H2,1-4H3,(H,34,35)(H,36,37,38)(H,39,40,41)/b8-5+,11-7+,28-12-. The molecule has 0 bridgehead atoms. The molecule has 43 heavy (non-hydrogen) atoms. The quantitative estimate of drug-likeness (QED) is 0.154. The van der Waals surface area contributed by atoms with E-state index in [-0.39, 0.29) is 16.2 Å². The van der Waals surface area contributed by atoms with Gasteiger partial charge in [0.05, 0.1) is 21.2 Å². The Hall–Kier alpha value is -3.58. The number of carboxylic acid groups (broad SMARTS) is 1. The molecule has 0 aliphatic carbocycles. The van der Waals surface area contributed by atoms with Crippen LogP contribution in [0.4, 0.5) is 11.4 Å². The number of benzene rings is 2. The highest BCUT2D eigenvalue weighted by atomic mass is 32.2. The molecule has 10 nitrogen and oxygen atoms in total. The van der Waals surface area contributed by atoms with Gasteiger partial charge in [-0.1, -0.05) is 52.3 Å². The molecule has 0 saturated heterocycles. The second-order valence-electron chi connectivity index (χ2n) is 11.7. The smallest absolute Gasteiger partial charge is 0.303 e. The van der Waals surface area contributed by atoms with Crippen molar-refractivity contribution in [3.63, 3.8) is 0 Å². The van der Waals surface area contributed by atoms with Gasteiger partial charge in [-0.15, -0.1) is 0 Å². The molecule has 0 unspecified atom stereocenters. The lowest BCUT2D eigenvalue weighted by molar-refractivity contribution is -0.137. The lowest BCUT2D eigenvalue weighted by Crippen LogP contribution is -2.27. The first kappa shape index (κ1) is 32.3. The summed E-state index contributed by atoms with van der Waals surface area (Å²) in [5.41, 5.74) is 3.38. The zero-order valence-electron chi connectivity index (χ0n) is 24.5. The molecule has 2 aromatic carbocycles. The predicted molar refractivity (Wildman–Crippen MR) is 165 cm³/mol. The molecule has 3 N–H and O–H groups in total. The van der Waals surface area contributed by atoms with Crippen molar-refractivity contribution in [3.05, 3.63) is 83.6 Å². The summed E-state index contributed by atoms with van der Waals surface area (Å²) in [6.07, 6.45) is 11.4. The molecule has 230 valence electrons. The number of unbranched alkanes of at least 4 members (excludes halogenated alkanes) is 2. The summed E-state index contributed by atoms with van der Waals surface area (Å²) in [7, 11) is -8.72. The zero-order valence-corrected chi connectivity index (χ0v) is 26.1. The maximum atomic E-state index is 11.9. The Morgan fingerprint density at radius 1 is 0.837 bits per heavy atom. The van der Waals surface area contributed by atoms with Crippen molar-refractivity contribution in [1.82, 2.24) is 0 Å². The van der Waals surface area contributed by atoms with E-state index < -0.39 is 37.0 Å². The summed E-state index contributed by atoms with van der Waals surface area (Å²) >= 11 is 0. The summed E-state index contributed by atoms with van der Waals surface area (Å²) in [5, 5.41) is 8.94. The molecule has 2 aliphatic rings. The zero-order chi connectivity index (χ0) is 31.8. The monoisotopic (exact) mass is 628 g/mol. The second kappa shape index (κ2) is 11.8. The highest BCUT2D eigenvalue weighted by molar-refractivity contribution is 7.86. The summed E-state index contributed by atoms with van der Waals surface area (Å²) in [4.78, 5) is 17.3. The number of carbonyl (C=O) groups is 1. The maximum absolute atomic E-state index is 11.9. The Bertz CT molecular complexity index is 1780. The van der Waals surface area contributed by atoms with Crippen LogP contribution in [0, 0.1) is 0 Å². The van der Waals surface area contributed by atoms with E-state index in [1.807, 2.05) is 58.1 Å². The molecule has 0 saturated carbocycles. The largest absolute Gasteiger partial charge is 0.481 e. The Morgan fingerprint density at radius 2 is 1.47 bits per heavy atom. The summed E-state index contributed by atoms with van der Waals surface area (Å²) in [5.74, 6) is -0.831. The minimum Gasteiger partial charge on any atom is -0.481 e.